The van der Waals surface area contributed by atoms with E-state index in [1.165, 1.54) is 12.3 Å². The Morgan fingerprint density at radius 1 is 1.50 bits per heavy atom. The van der Waals surface area contributed by atoms with Crippen LogP contribution in [0, 0.1) is 0 Å². The molecule has 4 nitrogen and oxygen atoms in total. The van der Waals surface area contributed by atoms with Gasteiger partial charge in [0, 0.05) is 6.21 Å². The van der Waals surface area contributed by atoms with Crippen molar-refractivity contribution < 1.29 is 66.4 Å². The molecule has 1 N–H and O–H groups in total. The van der Waals surface area contributed by atoms with Gasteiger partial charge in [-0.1, -0.05) is 24.3 Å². The number of nitrogens with zero attached hydrogens (tertiary/aromatic N) is 1. The third-order valence-electron chi connectivity index (χ3n) is 1.38. The summed E-state index contributed by atoms with van der Waals surface area (Å²) in [6.45, 7) is -0.311. The summed E-state index contributed by atoms with van der Waals surface area (Å²) in [7, 11) is 0. The molecule has 0 fully saturated rings. The first-order valence-corrected chi connectivity index (χ1v) is 3.68. The summed E-state index contributed by atoms with van der Waals surface area (Å²) in [6.07, 6.45) is 1.27. The summed E-state index contributed by atoms with van der Waals surface area (Å²) in [6, 6.07) is 6.32. The third kappa shape index (κ3) is 4.87. The molecule has 0 aliphatic rings. The first-order valence-electron chi connectivity index (χ1n) is 3.68. The summed E-state index contributed by atoms with van der Waals surface area (Å²) in [5.41, 5.74) is 0.406. The van der Waals surface area contributed by atoms with Crippen LogP contribution in [0.3, 0.4) is 0 Å². The molecule has 0 atom stereocenters. The van der Waals surface area contributed by atoms with Crippen LogP contribution in [0.4, 0.5) is 0 Å². The number of hydrogen-bond donors (Lipinski definition) is 1. The Bertz CT molecular complexity index is 339. The zero-order chi connectivity index (χ0) is 9.68. The van der Waals surface area contributed by atoms with E-state index < -0.39 is 5.97 Å². The van der Waals surface area contributed by atoms with E-state index in [0.717, 1.165) is 0 Å². The predicted molar refractivity (Wildman–Crippen MR) is 46.0 cm³/mol. The second kappa shape index (κ2) is 7.14. The molecule has 0 aromatic heterocycles. The molecule has 0 saturated heterocycles. The number of benzene rings is 1. The van der Waals surface area contributed by atoms with Gasteiger partial charge in [0.15, 0.2) is 0 Å². The number of carbonyl (C=O) groups is 1. The topological polar surface area (TPSA) is 72.7 Å². The van der Waals surface area contributed by atoms with Gasteiger partial charge < -0.3 is 10.2 Å². The molecule has 0 radical (unpaired) electrons. The molecule has 1 rings (SSSR count). The van der Waals surface area contributed by atoms with Gasteiger partial charge in [0.05, 0.1) is 0 Å². The molecule has 0 spiro atoms. The van der Waals surface area contributed by atoms with E-state index in [9.17, 15) is 9.90 Å². The van der Waals surface area contributed by atoms with Crippen LogP contribution in [-0.4, -0.2) is 23.8 Å². The molecule has 68 valence electrons. The summed E-state index contributed by atoms with van der Waals surface area (Å²) in [5, 5.41) is 19.3. The molecule has 0 amide bonds. The monoisotopic (exact) mass is 217 g/mol. The van der Waals surface area contributed by atoms with E-state index in [1.807, 2.05) is 0 Å². The van der Waals surface area contributed by atoms with Gasteiger partial charge in [-0.3, -0.25) is 9.79 Å². The first-order chi connectivity index (χ1) is 6.20. The van der Waals surface area contributed by atoms with Crippen LogP contribution in [0.2, 0.25) is 0 Å². The standard InChI is InChI=1S/C9H9NO3.K/c11-8-4-2-1-3-7(8)5-10-6-9(12)13;/h1-5,11H,6H2,(H,12,13);/q;+1/p-1. The van der Waals surface area contributed by atoms with Crippen LogP contribution >= 0.6 is 0 Å². The molecule has 0 saturated carbocycles. The summed E-state index contributed by atoms with van der Waals surface area (Å²) >= 11 is 0. The van der Waals surface area contributed by atoms with E-state index >= 15 is 0 Å². The van der Waals surface area contributed by atoms with Crippen molar-refractivity contribution in [3.8, 4) is 5.75 Å². The Kier molecular flexibility index (Phi) is 7.03. The molecule has 5 heteroatoms. The van der Waals surface area contributed by atoms with Crippen molar-refractivity contribution in [2.24, 2.45) is 4.99 Å². The van der Waals surface area contributed by atoms with E-state index in [-0.39, 0.29) is 63.7 Å². The van der Waals surface area contributed by atoms with Crippen LogP contribution in [-0.2, 0) is 4.79 Å². The molecule has 1 aromatic carbocycles. The van der Waals surface area contributed by atoms with E-state index in [0.29, 0.717) is 5.56 Å². The van der Waals surface area contributed by atoms with Crippen molar-refractivity contribution in [3.63, 3.8) is 0 Å². The second-order valence-electron chi connectivity index (χ2n) is 2.40. The van der Waals surface area contributed by atoms with Crippen LogP contribution in [0.5, 0.6) is 5.75 Å². The largest absolute Gasteiger partial charge is 1.00 e. The predicted octanol–water partition coefficient (Wildman–Crippen LogP) is -2.73. The minimum Gasteiger partial charge on any atom is -0.872 e. The van der Waals surface area contributed by atoms with Crippen molar-refractivity contribution in [2.75, 3.05) is 6.54 Å². The molecule has 0 unspecified atom stereocenters. The quantitative estimate of drug-likeness (QED) is 0.441. The average Bonchev–Trinajstić information content (AvgIpc) is 2.08. The molecule has 0 aliphatic heterocycles. The SMILES string of the molecule is O=C(O)CN=Cc1ccccc1[O-].[K+]. The van der Waals surface area contributed by atoms with Crippen molar-refractivity contribution in [1.82, 2.24) is 0 Å². The maximum absolute atomic E-state index is 11.1. The fourth-order valence-electron chi connectivity index (χ4n) is 0.809. The number of aliphatic imine (C=N–C) groups is 1. The molecule has 0 aliphatic carbocycles. The van der Waals surface area contributed by atoms with Crippen LogP contribution < -0.4 is 56.5 Å². The maximum atomic E-state index is 11.1. The zero-order valence-electron chi connectivity index (χ0n) is 7.80. The fraction of sp³-hybridized carbons (Fsp3) is 0.111. The van der Waals surface area contributed by atoms with Crippen molar-refractivity contribution in [1.29, 1.82) is 0 Å². The molecular weight excluding hydrogens is 209 g/mol. The second-order valence-corrected chi connectivity index (χ2v) is 2.40. The van der Waals surface area contributed by atoms with Crippen molar-refractivity contribution >= 4 is 12.2 Å². The number of hydrogen-bond acceptors (Lipinski definition) is 3. The summed E-state index contributed by atoms with van der Waals surface area (Å²) in [5.74, 6) is -1.17. The number of rotatable bonds is 3. The number of carboxylic acids is 1. The van der Waals surface area contributed by atoms with Gasteiger partial charge in [-0.05, 0) is 5.56 Å². The Labute approximate surface area is 124 Å². The zero-order valence-corrected chi connectivity index (χ0v) is 10.9. The van der Waals surface area contributed by atoms with Gasteiger partial charge in [-0.25, -0.2) is 0 Å². The summed E-state index contributed by atoms with van der Waals surface area (Å²) < 4.78 is 0. The Morgan fingerprint density at radius 2 is 2.14 bits per heavy atom. The Morgan fingerprint density at radius 3 is 2.71 bits per heavy atom. The van der Waals surface area contributed by atoms with Crippen LogP contribution in [0.25, 0.3) is 0 Å². The van der Waals surface area contributed by atoms with Gasteiger partial charge in [0.25, 0.3) is 0 Å². The van der Waals surface area contributed by atoms with Crippen LogP contribution in [0.15, 0.2) is 29.3 Å². The number of aliphatic carboxylic acids is 1. The smallest absolute Gasteiger partial charge is 0.872 e. The third-order valence-corrected chi connectivity index (χ3v) is 1.38. The van der Waals surface area contributed by atoms with E-state index in [2.05, 4.69) is 4.99 Å². The molecule has 1 aromatic rings. The Hall–Kier alpha value is -0.204. The van der Waals surface area contributed by atoms with E-state index in [4.69, 9.17) is 5.11 Å². The van der Waals surface area contributed by atoms with Gasteiger partial charge in [0.1, 0.15) is 6.54 Å². The molecule has 14 heavy (non-hydrogen) atoms. The first kappa shape index (κ1) is 13.8. The Balaban J connectivity index is 0.00000169. The minimum atomic E-state index is -1.01. The van der Waals surface area contributed by atoms with Crippen molar-refractivity contribution in [2.45, 2.75) is 0 Å². The van der Waals surface area contributed by atoms with Crippen molar-refractivity contribution in [3.05, 3.63) is 29.8 Å². The van der Waals surface area contributed by atoms with E-state index in [1.54, 1.807) is 18.2 Å². The molecule has 0 heterocycles. The fourth-order valence-corrected chi connectivity index (χ4v) is 0.809. The van der Waals surface area contributed by atoms with Gasteiger partial charge in [-0.15, -0.1) is 5.75 Å². The number of carboxylic acid groups (broad SMARTS) is 1. The molecular formula is C9H8KNO3. The maximum Gasteiger partial charge on any atom is 1.00 e. The van der Waals surface area contributed by atoms with Gasteiger partial charge >= 0.3 is 57.4 Å². The average molecular weight is 217 g/mol. The minimum absolute atomic E-state index is 0. The molecule has 0 bridgehead atoms. The summed E-state index contributed by atoms with van der Waals surface area (Å²) in [4.78, 5) is 13.7. The normalized spacial score (nSPS) is 9.71. The van der Waals surface area contributed by atoms with Crippen LogP contribution in [0.1, 0.15) is 5.56 Å². The van der Waals surface area contributed by atoms with Gasteiger partial charge in [0.2, 0.25) is 0 Å². The van der Waals surface area contributed by atoms with Gasteiger partial charge in [-0.2, -0.15) is 0 Å². The number of para-hydroxylation sites is 1.